The Labute approximate surface area is 167 Å². The van der Waals surface area contributed by atoms with Gasteiger partial charge in [-0.15, -0.1) is 0 Å². The van der Waals surface area contributed by atoms with Crippen molar-refractivity contribution in [1.29, 1.82) is 0 Å². The molecule has 0 spiro atoms. The minimum absolute atomic E-state index is 0.147. The number of hydrogen-bond donors (Lipinski definition) is 1. The molecule has 1 N–H and O–H groups in total. The lowest BCUT2D eigenvalue weighted by molar-refractivity contribution is -0.122. The molecule has 1 aliphatic rings. The third-order valence-electron chi connectivity index (χ3n) is 4.64. The number of amides is 1. The third kappa shape index (κ3) is 4.21. The molecule has 0 bridgehead atoms. The van der Waals surface area contributed by atoms with Crippen molar-refractivity contribution in [3.8, 4) is 17.2 Å². The first-order valence-corrected chi connectivity index (χ1v) is 9.24. The minimum Gasteiger partial charge on any atom is -0.481 e. The molecule has 0 radical (unpaired) electrons. The number of anilines is 1. The van der Waals surface area contributed by atoms with Crippen molar-refractivity contribution in [2.24, 2.45) is 0 Å². The van der Waals surface area contributed by atoms with Gasteiger partial charge in [0.25, 0.3) is 5.91 Å². The van der Waals surface area contributed by atoms with Crippen LogP contribution in [0.4, 0.5) is 5.69 Å². The maximum atomic E-state index is 12.7. The van der Waals surface area contributed by atoms with Crippen LogP contribution in [0.2, 0.25) is 0 Å². The summed E-state index contributed by atoms with van der Waals surface area (Å²) in [6, 6.07) is 22.9. The molecule has 1 amide bonds. The predicted octanol–water partition coefficient (Wildman–Crippen LogP) is 4.36. The smallest absolute Gasteiger partial charge is 0.335 e. The number of carboxylic acids is 1. The monoisotopic (exact) mass is 389 g/mol. The molecule has 0 aromatic heterocycles. The van der Waals surface area contributed by atoms with E-state index in [0.717, 1.165) is 5.75 Å². The van der Waals surface area contributed by atoms with Gasteiger partial charge in [0.2, 0.25) is 0 Å². The highest BCUT2D eigenvalue weighted by Gasteiger charge is 2.34. The Hall–Kier alpha value is -3.80. The molecule has 0 saturated carbocycles. The zero-order valence-corrected chi connectivity index (χ0v) is 15.5. The summed E-state index contributed by atoms with van der Waals surface area (Å²) >= 11 is 0. The predicted molar refractivity (Wildman–Crippen MR) is 108 cm³/mol. The maximum absolute atomic E-state index is 12.7. The van der Waals surface area contributed by atoms with Crippen LogP contribution in [0.1, 0.15) is 16.8 Å². The van der Waals surface area contributed by atoms with E-state index in [4.69, 9.17) is 14.6 Å². The van der Waals surface area contributed by atoms with Gasteiger partial charge < -0.3 is 19.5 Å². The minimum atomic E-state index is -1.02. The van der Waals surface area contributed by atoms with Crippen LogP contribution in [0.25, 0.3) is 0 Å². The van der Waals surface area contributed by atoms with Gasteiger partial charge in [0, 0.05) is 18.7 Å². The Morgan fingerprint density at radius 3 is 2.31 bits per heavy atom. The summed E-state index contributed by atoms with van der Waals surface area (Å²) in [4.78, 5) is 25.4. The Morgan fingerprint density at radius 1 is 0.897 bits per heavy atom. The van der Waals surface area contributed by atoms with Crippen molar-refractivity contribution in [3.63, 3.8) is 0 Å². The van der Waals surface area contributed by atoms with Crippen LogP contribution in [0.5, 0.6) is 17.2 Å². The quantitative estimate of drug-likeness (QED) is 0.678. The normalized spacial score (nSPS) is 15.9. The van der Waals surface area contributed by atoms with Crippen molar-refractivity contribution >= 4 is 17.6 Å². The molecular formula is C23H19NO5. The van der Waals surface area contributed by atoms with Crippen molar-refractivity contribution in [3.05, 3.63) is 84.4 Å². The lowest BCUT2D eigenvalue weighted by Crippen LogP contribution is -2.32. The van der Waals surface area contributed by atoms with E-state index in [1.165, 1.54) is 12.1 Å². The van der Waals surface area contributed by atoms with Crippen molar-refractivity contribution in [2.75, 3.05) is 11.4 Å². The van der Waals surface area contributed by atoms with Gasteiger partial charge >= 0.3 is 5.97 Å². The second kappa shape index (κ2) is 8.06. The van der Waals surface area contributed by atoms with Crippen LogP contribution in [-0.2, 0) is 4.79 Å². The maximum Gasteiger partial charge on any atom is 0.335 e. The third-order valence-corrected chi connectivity index (χ3v) is 4.64. The Bertz CT molecular complexity index is 1020. The van der Waals surface area contributed by atoms with E-state index >= 15 is 0 Å². The van der Waals surface area contributed by atoms with Gasteiger partial charge in [-0.1, -0.05) is 24.3 Å². The van der Waals surface area contributed by atoms with Crippen molar-refractivity contribution < 1.29 is 24.2 Å². The number of hydrogen-bond acceptors (Lipinski definition) is 4. The molecule has 3 aromatic rings. The summed E-state index contributed by atoms with van der Waals surface area (Å²) in [6.45, 7) is 0.474. The fourth-order valence-corrected chi connectivity index (χ4v) is 3.20. The number of para-hydroxylation sites is 1. The van der Waals surface area contributed by atoms with E-state index in [-0.39, 0.29) is 11.5 Å². The highest BCUT2D eigenvalue weighted by atomic mass is 16.5. The second-order valence-electron chi connectivity index (χ2n) is 6.63. The summed E-state index contributed by atoms with van der Waals surface area (Å²) in [6.07, 6.45) is -0.0809. The topological polar surface area (TPSA) is 76.1 Å². The largest absolute Gasteiger partial charge is 0.481 e. The lowest BCUT2D eigenvalue weighted by atomic mass is 10.2. The van der Waals surface area contributed by atoms with Gasteiger partial charge in [-0.3, -0.25) is 4.79 Å². The average molecular weight is 389 g/mol. The van der Waals surface area contributed by atoms with Crippen LogP contribution in [-0.4, -0.2) is 29.6 Å². The summed E-state index contributed by atoms with van der Waals surface area (Å²) in [5.74, 6) is 0.783. The molecule has 4 rings (SSSR count). The average Bonchev–Trinajstić information content (AvgIpc) is 3.10. The van der Waals surface area contributed by atoms with Gasteiger partial charge in [0.05, 0.1) is 5.56 Å². The standard InChI is InChI=1S/C23H19NO5/c25-22-21(13-14-24(22)17-6-4-5-16(15-17)23(26)27)29-20-11-9-19(10-12-20)28-18-7-2-1-3-8-18/h1-12,15,21H,13-14H2,(H,26,27)/t21-/m1/s1. The molecule has 1 heterocycles. The molecule has 1 saturated heterocycles. The first-order valence-electron chi connectivity index (χ1n) is 9.24. The van der Waals surface area contributed by atoms with Gasteiger partial charge in [0.15, 0.2) is 6.10 Å². The molecule has 6 heteroatoms. The fraction of sp³-hybridized carbons (Fsp3) is 0.130. The molecule has 29 heavy (non-hydrogen) atoms. The molecule has 3 aromatic carbocycles. The molecule has 1 atom stereocenters. The number of benzene rings is 3. The molecule has 0 unspecified atom stereocenters. The number of carbonyl (C=O) groups is 2. The van der Waals surface area contributed by atoms with Gasteiger partial charge in [-0.05, 0) is 54.6 Å². The van der Waals surface area contributed by atoms with Crippen LogP contribution in [0.15, 0.2) is 78.9 Å². The first kappa shape index (κ1) is 18.6. The number of nitrogens with zero attached hydrogens (tertiary/aromatic N) is 1. The number of aromatic carboxylic acids is 1. The highest BCUT2D eigenvalue weighted by molar-refractivity contribution is 6.00. The SMILES string of the molecule is O=C(O)c1cccc(N2CC[C@@H](Oc3ccc(Oc4ccccc4)cc3)C2=O)c1. The Kier molecular flexibility index (Phi) is 5.16. The van der Waals surface area contributed by atoms with Gasteiger partial charge in [-0.25, -0.2) is 4.79 Å². The Morgan fingerprint density at radius 2 is 1.59 bits per heavy atom. The van der Waals surface area contributed by atoms with Crippen molar-refractivity contribution in [2.45, 2.75) is 12.5 Å². The summed E-state index contributed by atoms with van der Waals surface area (Å²) in [5, 5.41) is 9.14. The van der Waals surface area contributed by atoms with E-state index in [9.17, 15) is 9.59 Å². The fourth-order valence-electron chi connectivity index (χ4n) is 3.20. The van der Waals surface area contributed by atoms with Crippen LogP contribution >= 0.6 is 0 Å². The highest BCUT2D eigenvalue weighted by Crippen LogP contribution is 2.28. The first-order chi connectivity index (χ1) is 14.1. The van der Waals surface area contributed by atoms with Crippen molar-refractivity contribution in [1.82, 2.24) is 0 Å². The summed E-state index contributed by atoms with van der Waals surface area (Å²) < 4.78 is 11.6. The zero-order chi connectivity index (χ0) is 20.2. The van der Waals surface area contributed by atoms with Gasteiger partial charge in [0.1, 0.15) is 17.2 Å². The van der Waals surface area contributed by atoms with E-state index in [0.29, 0.717) is 30.2 Å². The van der Waals surface area contributed by atoms with E-state index < -0.39 is 12.1 Å². The number of rotatable bonds is 6. The van der Waals surface area contributed by atoms with E-state index in [2.05, 4.69) is 0 Å². The summed E-state index contributed by atoms with van der Waals surface area (Å²) in [5.41, 5.74) is 0.710. The van der Waals surface area contributed by atoms with Crippen LogP contribution < -0.4 is 14.4 Å². The molecule has 0 aliphatic carbocycles. The zero-order valence-electron chi connectivity index (χ0n) is 15.5. The van der Waals surface area contributed by atoms with Crippen LogP contribution in [0, 0.1) is 0 Å². The van der Waals surface area contributed by atoms with E-state index in [1.807, 2.05) is 30.3 Å². The summed E-state index contributed by atoms with van der Waals surface area (Å²) in [7, 11) is 0. The van der Waals surface area contributed by atoms with Gasteiger partial charge in [-0.2, -0.15) is 0 Å². The molecule has 1 fully saturated rings. The lowest BCUT2D eigenvalue weighted by Gasteiger charge is -2.18. The number of ether oxygens (including phenoxy) is 2. The van der Waals surface area contributed by atoms with Crippen LogP contribution in [0.3, 0.4) is 0 Å². The number of carboxylic acid groups (broad SMARTS) is 1. The Balaban J connectivity index is 1.41. The molecule has 1 aliphatic heterocycles. The number of carbonyl (C=O) groups excluding carboxylic acids is 1. The molecule has 6 nitrogen and oxygen atoms in total. The van der Waals surface area contributed by atoms with E-state index in [1.54, 1.807) is 41.3 Å². The molecular weight excluding hydrogens is 370 g/mol. The second-order valence-corrected chi connectivity index (χ2v) is 6.63. The molecule has 146 valence electrons.